The molecule has 92 valence electrons. The molecular formula is C13H23NO2. The van der Waals surface area contributed by atoms with Crippen molar-refractivity contribution in [2.45, 2.75) is 39.0 Å². The third kappa shape index (κ3) is 2.76. The topological polar surface area (TPSA) is 40.5 Å². The summed E-state index contributed by atoms with van der Waals surface area (Å²) in [6.45, 7) is 5.25. The molecule has 0 spiro atoms. The Bertz CT molecular complexity index is 254. The second-order valence-electron chi connectivity index (χ2n) is 5.61. The summed E-state index contributed by atoms with van der Waals surface area (Å²) in [5.74, 6) is 0.914. The van der Waals surface area contributed by atoms with E-state index >= 15 is 0 Å². The molecule has 1 heterocycles. The standard InChI is InChI=1S/C13H23NO2/c1-10-4-2-3-5-11(10)8-14-7-6-12(9-14)13(15)16/h10-12H,2-9H2,1H3,(H,15,16). The fourth-order valence-electron chi connectivity index (χ4n) is 3.20. The Morgan fingerprint density at radius 3 is 2.69 bits per heavy atom. The van der Waals surface area contributed by atoms with Crippen LogP contribution in [0.4, 0.5) is 0 Å². The van der Waals surface area contributed by atoms with Crippen LogP contribution in [0.3, 0.4) is 0 Å². The van der Waals surface area contributed by atoms with Gasteiger partial charge in [-0.2, -0.15) is 0 Å². The second kappa shape index (κ2) is 5.17. The van der Waals surface area contributed by atoms with Crippen LogP contribution >= 0.6 is 0 Å². The van der Waals surface area contributed by atoms with E-state index in [2.05, 4.69) is 11.8 Å². The molecule has 0 radical (unpaired) electrons. The Morgan fingerprint density at radius 1 is 1.31 bits per heavy atom. The summed E-state index contributed by atoms with van der Waals surface area (Å²) in [5, 5.41) is 8.96. The summed E-state index contributed by atoms with van der Waals surface area (Å²) >= 11 is 0. The monoisotopic (exact) mass is 225 g/mol. The minimum absolute atomic E-state index is 0.112. The molecule has 0 amide bonds. The molecule has 3 heteroatoms. The van der Waals surface area contributed by atoms with Gasteiger partial charge in [0.15, 0.2) is 0 Å². The molecule has 16 heavy (non-hydrogen) atoms. The Kier molecular flexibility index (Phi) is 3.85. The maximum atomic E-state index is 10.9. The zero-order chi connectivity index (χ0) is 11.5. The molecule has 2 fully saturated rings. The van der Waals surface area contributed by atoms with Crippen molar-refractivity contribution in [3.63, 3.8) is 0 Å². The van der Waals surface area contributed by atoms with Crippen LogP contribution in [-0.2, 0) is 4.79 Å². The van der Waals surface area contributed by atoms with Gasteiger partial charge in [-0.15, -0.1) is 0 Å². The van der Waals surface area contributed by atoms with E-state index in [0.717, 1.165) is 37.9 Å². The van der Waals surface area contributed by atoms with Crippen molar-refractivity contribution in [1.29, 1.82) is 0 Å². The van der Waals surface area contributed by atoms with Crippen molar-refractivity contribution in [2.75, 3.05) is 19.6 Å². The molecule has 2 rings (SSSR count). The fraction of sp³-hybridized carbons (Fsp3) is 0.923. The number of aliphatic carboxylic acids is 1. The van der Waals surface area contributed by atoms with Gasteiger partial charge in [-0.25, -0.2) is 0 Å². The summed E-state index contributed by atoms with van der Waals surface area (Å²) in [6, 6.07) is 0. The molecule has 0 aromatic heterocycles. The lowest BCUT2D eigenvalue weighted by molar-refractivity contribution is -0.141. The van der Waals surface area contributed by atoms with Gasteiger partial charge < -0.3 is 10.0 Å². The predicted octanol–water partition coefficient (Wildman–Crippen LogP) is 2.22. The number of nitrogens with zero attached hydrogens (tertiary/aromatic N) is 1. The van der Waals surface area contributed by atoms with E-state index < -0.39 is 5.97 Å². The van der Waals surface area contributed by atoms with E-state index in [1.54, 1.807) is 0 Å². The number of hydrogen-bond acceptors (Lipinski definition) is 2. The fourth-order valence-corrected chi connectivity index (χ4v) is 3.20. The minimum atomic E-state index is -0.612. The van der Waals surface area contributed by atoms with Crippen LogP contribution in [0.5, 0.6) is 0 Å². The van der Waals surface area contributed by atoms with Gasteiger partial charge in [0, 0.05) is 13.1 Å². The van der Waals surface area contributed by atoms with Crippen molar-refractivity contribution >= 4 is 5.97 Å². The van der Waals surface area contributed by atoms with Crippen molar-refractivity contribution in [2.24, 2.45) is 17.8 Å². The summed E-state index contributed by atoms with van der Waals surface area (Å²) in [5.41, 5.74) is 0. The molecule has 1 saturated carbocycles. The first-order valence-electron chi connectivity index (χ1n) is 6.62. The second-order valence-corrected chi connectivity index (χ2v) is 5.61. The van der Waals surface area contributed by atoms with Crippen LogP contribution in [0, 0.1) is 17.8 Å². The number of rotatable bonds is 3. The lowest BCUT2D eigenvalue weighted by Gasteiger charge is -2.32. The van der Waals surface area contributed by atoms with Gasteiger partial charge in [-0.3, -0.25) is 4.79 Å². The first kappa shape index (κ1) is 11.9. The van der Waals surface area contributed by atoms with Gasteiger partial charge >= 0.3 is 5.97 Å². The Morgan fingerprint density at radius 2 is 2.06 bits per heavy atom. The number of carboxylic acid groups (broad SMARTS) is 1. The van der Waals surface area contributed by atoms with Crippen LogP contribution in [-0.4, -0.2) is 35.6 Å². The predicted molar refractivity (Wildman–Crippen MR) is 63.3 cm³/mol. The molecule has 1 saturated heterocycles. The molecule has 0 aromatic rings. The maximum Gasteiger partial charge on any atom is 0.307 e. The first-order chi connectivity index (χ1) is 7.66. The average molecular weight is 225 g/mol. The smallest absolute Gasteiger partial charge is 0.307 e. The molecule has 0 bridgehead atoms. The highest BCUT2D eigenvalue weighted by atomic mass is 16.4. The van der Waals surface area contributed by atoms with E-state index in [-0.39, 0.29) is 5.92 Å². The minimum Gasteiger partial charge on any atom is -0.481 e. The van der Waals surface area contributed by atoms with Crippen LogP contribution in [0.1, 0.15) is 39.0 Å². The summed E-state index contributed by atoms with van der Waals surface area (Å²) < 4.78 is 0. The zero-order valence-electron chi connectivity index (χ0n) is 10.2. The normalized spacial score (nSPS) is 36.4. The highest BCUT2D eigenvalue weighted by Gasteiger charge is 2.31. The molecule has 2 aliphatic rings. The van der Waals surface area contributed by atoms with Gasteiger partial charge in [0.25, 0.3) is 0 Å². The van der Waals surface area contributed by atoms with Gasteiger partial charge in [-0.05, 0) is 31.2 Å². The van der Waals surface area contributed by atoms with Crippen molar-refractivity contribution < 1.29 is 9.90 Å². The Balaban J connectivity index is 1.79. The van der Waals surface area contributed by atoms with Gasteiger partial charge in [-0.1, -0.05) is 26.2 Å². The number of carbonyl (C=O) groups is 1. The Labute approximate surface area is 97.8 Å². The van der Waals surface area contributed by atoms with Crippen molar-refractivity contribution in [3.8, 4) is 0 Å². The molecule has 3 unspecified atom stereocenters. The molecule has 1 aliphatic carbocycles. The largest absolute Gasteiger partial charge is 0.481 e. The molecule has 1 N–H and O–H groups in total. The highest BCUT2D eigenvalue weighted by molar-refractivity contribution is 5.70. The molecule has 3 atom stereocenters. The van der Waals surface area contributed by atoms with E-state index in [0.29, 0.717) is 0 Å². The average Bonchev–Trinajstić information content (AvgIpc) is 2.70. The molecular weight excluding hydrogens is 202 g/mol. The van der Waals surface area contributed by atoms with Gasteiger partial charge in [0.2, 0.25) is 0 Å². The lowest BCUT2D eigenvalue weighted by atomic mass is 9.80. The van der Waals surface area contributed by atoms with Gasteiger partial charge in [0.05, 0.1) is 5.92 Å². The SMILES string of the molecule is CC1CCCCC1CN1CCC(C(=O)O)C1. The van der Waals surface area contributed by atoms with Crippen molar-refractivity contribution in [3.05, 3.63) is 0 Å². The van der Waals surface area contributed by atoms with Crippen LogP contribution in [0.15, 0.2) is 0 Å². The summed E-state index contributed by atoms with van der Waals surface area (Å²) in [7, 11) is 0. The third-order valence-electron chi connectivity index (χ3n) is 4.40. The molecule has 1 aliphatic heterocycles. The van der Waals surface area contributed by atoms with Crippen LogP contribution in [0.2, 0.25) is 0 Å². The summed E-state index contributed by atoms with van der Waals surface area (Å²) in [4.78, 5) is 13.2. The number of carboxylic acids is 1. The summed E-state index contributed by atoms with van der Waals surface area (Å²) in [6.07, 6.45) is 6.30. The maximum absolute atomic E-state index is 10.9. The van der Waals surface area contributed by atoms with Crippen LogP contribution < -0.4 is 0 Å². The van der Waals surface area contributed by atoms with E-state index in [4.69, 9.17) is 5.11 Å². The van der Waals surface area contributed by atoms with E-state index in [1.807, 2.05) is 0 Å². The molecule has 0 aromatic carbocycles. The van der Waals surface area contributed by atoms with E-state index in [1.165, 1.54) is 25.7 Å². The highest BCUT2D eigenvalue weighted by Crippen LogP contribution is 2.31. The first-order valence-corrected chi connectivity index (χ1v) is 6.62. The van der Waals surface area contributed by atoms with Gasteiger partial charge in [0.1, 0.15) is 0 Å². The van der Waals surface area contributed by atoms with Crippen LogP contribution in [0.25, 0.3) is 0 Å². The molecule has 3 nitrogen and oxygen atoms in total. The van der Waals surface area contributed by atoms with E-state index in [9.17, 15) is 4.79 Å². The number of hydrogen-bond donors (Lipinski definition) is 1. The lowest BCUT2D eigenvalue weighted by Crippen LogP contribution is -2.33. The zero-order valence-corrected chi connectivity index (χ0v) is 10.2. The number of likely N-dealkylation sites (tertiary alicyclic amines) is 1. The van der Waals surface area contributed by atoms with Crippen molar-refractivity contribution in [1.82, 2.24) is 4.90 Å². The quantitative estimate of drug-likeness (QED) is 0.800. The Hall–Kier alpha value is -0.570. The third-order valence-corrected chi connectivity index (χ3v) is 4.40.